The van der Waals surface area contributed by atoms with Crippen molar-refractivity contribution in [2.75, 3.05) is 7.11 Å². The molecule has 0 fully saturated rings. The second-order valence-electron chi connectivity index (χ2n) is 4.98. The number of ether oxygens (including phenoxy) is 1. The highest BCUT2D eigenvalue weighted by Crippen LogP contribution is 2.33. The van der Waals surface area contributed by atoms with Crippen molar-refractivity contribution in [3.63, 3.8) is 0 Å². The van der Waals surface area contributed by atoms with Gasteiger partial charge in [0.25, 0.3) is 5.91 Å². The highest BCUT2D eigenvalue weighted by molar-refractivity contribution is 9.11. The minimum atomic E-state index is -0.469. The first kappa shape index (κ1) is 21.0. The molecule has 0 saturated carbocycles. The number of benzene rings is 1. The van der Waals surface area contributed by atoms with Gasteiger partial charge in [0.15, 0.2) is 5.11 Å². The van der Waals surface area contributed by atoms with Crippen LogP contribution in [0.15, 0.2) is 51.7 Å². The predicted octanol–water partition coefficient (Wildman–Crippen LogP) is 2.96. The molecule has 140 valence electrons. The number of amides is 2. The van der Waals surface area contributed by atoms with E-state index in [4.69, 9.17) is 17.0 Å². The number of nitrogens with one attached hydrogen (secondary N) is 3. The van der Waals surface area contributed by atoms with Crippen molar-refractivity contribution in [3.8, 4) is 5.75 Å². The molecule has 0 aliphatic heterocycles. The van der Waals surface area contributed by atoms with Crippen LogP contribution >= 0.6 is 44.1 Å². The van der Waals surface area contributed by atoms with Gasteiger partial charge >= 0.3 is 0 Å². The molecule has 1 heterocycles. The summed E-state index contributed by atoms with van der Waals surface area (Å²) in [5.41, 5.74) is 5.93. The van der Waals surface area contributed by atoms with Crippen molar-refractivity contribution in [1.29, 1.82) is 0 Å². The number of aromatic nitrogens is 1. The average Bonchev–Trinajstić information content (AvgIpc) is 2.64. The van der Waals surface area contributed by atoms with Gasteiger partial charge in [0, 0.05) is 34.1 Å². The molecule has 0 saturated heterocycles. The van der Waals surface area contributed by atoms with E-state index in [1.165, 1.54) is 25.6 Å². The fourth-order valence-electron chi connectivity index (χ4n) is 1.96. The number of rotatable bonds is 4. The number of hydrazine groups is 1. The number of thiocarbonyl (C=S) groups is 1. The first-order chi connectivity index (χ1) is 12.9. The summed E-state index contributed by atoms with van der Waals surface area (Å²) in [6, 6.07) is 6.73. The minimum Gasteiger partial charge on any atom is -0.495 e. The molecule has 0 spiro atoms. The molecule has 2 rings (SSSR count). The van der Waals surface area contributed by atoms with E-state index < -0.39 is 11.8 Å². The monoisotopic (exact) mass is 512 g/mol. The van der Waals surface area contributed by atoms with Crippen LogP contribution in [-0.4, -0.2) is 29.0 Å². The van der Waals surface area contributed by atoms with Gasteiger partial charge in [0.05, 0.1) is 11.6 Å². The summed E-state index contributed by atoms with van der Waals surface area (Å²) < 4.78 is 6.88. The van der Waals surface area contributed by atoms with Crippen molar-refractivity contribution in [3.05, 3.63) is 62.8 Å². The van der Waals surface area contributed by atoms with Crippen molar-refractivity contribution < 1.29 is 14.3 Å². The number of methoxy groups -OCH3 is 1. The normalized spacial score (nSPS) is 10.3. The van der Waals surface area contributed by atoms with Crippen molar-refractivity contribution in [2.45, 2.75) is 0 Å². The van der Waals surface area contributed by atoms with E-state index in [2.05, 4.69) is 53.0 Å². The molecule has 10 heteroatoms. The number of halogens is 2. The lowest BCUT2D eigenvalue weighted by atomic mass is 10.2. The molecule has 3 N–H and O–H groups in total. The molecule has 2 amide bonds. The summed E-state index contributed by atoms with van der Waals surface area (Å²) in [7, 11) is 1.54. The lowest BCUT2D eigenvalue weighted by molar-refractivity contribution is -0.115. The Morgan fingerprint density at radius 2 is 1.89 bits per heavy atom. The Kier molecular flexibility index (Phi) is 7.89. The Balaban J connectivity index is 1.91. The Morgan fingerprint density at radius 3 is 2.56 bits per heavy atom. The van der Waals surface area contributed by atoms with E-state index in [1.54, 1.807) is 24.3 Å². The van der Waals surface area contributed by atoms with Crippen LogP contribution in [0.2, 0.25) is 0 Å². The zero-order valence-corrected chi connectivity index (χ0v) is 17.9. The first-order valence-corrected chi connectivity index (χ1v) is 9.42. The summed E-state index contributed by atoms with van der Waals surface area (Å²) in [5.74, 6) is -0.287. The van der Waals surface area contributed by atoms with Gasteiger partial charge < -0.3 is 4.74 Å². The molecule has 1 aromatic heterocycles. The topological polar surface area (TPSA) is 92.4 Å². The van der Waals surface area contributed by atoms with E-state index in [-0.39, 0.29) is 5.11 Å². The summed E-state index contributed by atoms with van der Waals surface area (Å²) in [4.78, 5) is 27.7. The second-order valence-corrected chi connectivity index (χ2v) is 7.16. The van der Waals surface area contributed by atoms with Gasteiger partial charge in [-0.15, -0.1) is 0 Å². The van der Waals surface area contributed by atoms with Crippen LogP contribution in [0, 0.1) is 0 Å². The smallest absolute Gasteiger partial charge is 0.269 e. The number of nitrogens with zero attached hydrogens (tertiary/aromatic N) is 1. The van der Waals surface area contributed by atoms with Gasteiger partial charge in [-0.1, -0.05) is 15.9 Å². The lowest BCUT2D eigenvalue weighted by Gasteiger charge is -2.10. The third-order valence-electron chi connectivity index (χ3n) is 3.12. The number of carbonyl (C=O) groups is 2. The van der Waals surface area contributed by atoms with Gasteiger partial charge in [-0.3, -0.25) is 30.7 Å². The molecule has 0 aliphatic carbocycles. The molecule has 27 heavy (non-hydrogen) atoms. The minimum absolute atomic E-state index is 0.0468. The Hall–Kier alpha value is -2.30. The van der Waals surface area contributed by atoms with Gasteiger partial charge in [0.1, 0.15) is 5.75 Å². The SMILES string of the molecule is COc1c(Br)cc(Br)cc1/C=C/C(=O)NC(=S)NNC(=O)c1ccncc1. The number of carbonyl (C=O) groups excluding carboxylic acids is 2. The highest BCUT2D eigenvalue weighted by Gasteiger charge is 2.09. The zero-order chi connectivity index (χ0) is 19.8. The largest absolute Gasteiger partial charge is 0.495 e. The zero-order valence-electron chi connectivity index (χ0n) is 14.0. The van der Waals surface area contributed by atoms with Crippen LogP contribution in [0.1, 0.15) is 15.9 Å². The second kappa shape index (κ2) is 10.1. The van der Waals surface area contributed by atoms with Crippen LogP contribution in [0.3, 0.4) is 0 Å². The van der Waals surface area contributed by atoms with Crippen molar-refractivity contribution >= 4 is 67.1 Å². The number of pyridine rings is 1. The molecule has 1 aromatic carbocycles. The van der Waals surface area contributed by atoms with Crippen LogP contribution in [-0.2, 0) is 4.79 Å². The maximum Gasteiger partial charge on any atom is 0.269 e. The molecule has 0 radical (unpaired) electrons. The molecular formula is C17H14Br2N4O3S. The van der Waals surface area contributed by atoms with Gasteiger partial charge in [0.2, 0.25) is 5.91 Å². The third kappa shape index (κ3) is 6.42. The van der Waals surface area contributed by atoms with E-state index in [1.807, 2.05) is 6.07 Å². The Bertz CT molecular complexity index is 891. The fourth-order valence-corrected chi connectivity index (χ4v) is 3.53. The molecule has 0 aliphatic rings. The summed E-state index contributed by atoms with van der Waals surface area (Å²) in [6.45, 7) is 0. The predicted molar refractivity (Wildman–Crippen MR) is 113 cm³/mol. The summed E-state index contributed by atoms with van der Waals surface area (Å²) in [6.07, 6.45) is 5.87. The van der Waals surface area contributed by atoms with Crippen LogP contribution in [0.4, 0.5) is 0 Å². The number of hydrogen-bond donors (Lipinski definition) is 3. The maximum absolute atomic E-state index is 12.0. The molecule has 7 nitrogen and oxygen atoms in total. The Morgan fingerprint density at radius 1 is 1.19 bits per heavy atom. The van der Waals surface area contributed by atoms with Crippen LogP contribution < -0.4 is 20.9 Å². The van der Waals surface area contributed by atoms with E-state index >= 15 is 0 Å². The van der Waals surface area contributed by atoms with Crippen LogP contribution in [0.25, 0.3) is 6.08 Å². The van der Waals surface area contributed by atoms with E-state index in [9.17, 15) is 9.59 Å². The Labute approximate surface area is 177 Å². The molecule has 0 bridgehead atoms. The van der Waals surface area contributed by atoms with E-state index in [0.29, 0.717) is 16.9 Å². The van der Waals surface area contributed by atoms with Gasteiger partial charge in [-0.25, -0.2) is 0 Å². The van der Waals surface area contributed by atoms with Gasteiger partial charge in [-0.2, -0.15) is 0 Å². The summed E-state index contributed by atoms with van der Waals surface area (Å²) in [5, 5.41) is 2.38. The quantitative estimate of drug-likeness (QED) is 0.330. The van der Waals surface area contributed by atoms with Crippen molar-refractivity contribution in [1.82, 2.24) is 21.2 Å². The first-order valence-electron chi connectivity index (χ1n) is 7.43. The third-order valence-corrected chi connectivity index (χ3v) is 4.38. The molecule has 0 unspecified atom stereocenters. The summed E-state index contributed by atoms with van der Waals surface area (Å²) >= 11 is 11.8. The van der Waals surface area contributed by atoms with Gasteiger partial charge in [-0.05, 0) is 58.5 Å². The standard InChI is InChI=1S/C17H14Br2N4O3S/c1-26-15-11(8-12(18)9-13(15)19)2-3-14(24)21-17(27)23-22-16(25)10-4-6-20-7-5-10/h2-9H,1H3,(H,22,25)(H2,21,23,24,27)/b3-2+. The lowest BCUT2D eigenvalue weighted by Crippen LogP contribution is -2.48. The van der Waals surface area contributed by atoms with Crippen molar-refractivity contribution in [2.24, 2.45) is 0 Å². The molecule has 2 aromatic rings. The van der Waals surface area contributed by atoms with E-state index in [0.717, 1.165) is 8.95 Å². The number of hydrogen-bond acceptors (Lipinski definition) is 5. The highest BCUT2D eigenvalue weighted by atomic mass is 79.9. The molecular weight excluding hydrogens is 500 g/mol. The van der Waals surface area contributed by atoms with Crippen LogP contribution in [0.5, 0.6) is 5.75 Å². The molecule has 0 atom stereocenters. The average molecular weight is 514 g/mol. The maximum atomic E-state index is 12.0. The fraction of sp³-hybridized carbons (Fsp3) is 0.0588.